The van der Waals surface area contributed by atoms with Crippen molar-refractivity contribution in [1.29, 1.82) is 0 Å². The highest BCUT2D eigenvalue weighted by atomic mass is 79.9. The third-order valence-corrected chi connectivity index (χ3v) is 3.81. The Morgan fingerprint density at radius 1 is 1.71 bits per heavy atom. The molecule has 3 rings (SSSR count). The van der Waals surface area contributed by atoms with E-state index in [0.717, 1.165) is 31.0 Å². The highest BCUT2D eigenvalue weighted by molar-refractivity contribution is 9.10. The van der Waals surface area contributed by atoms with E-state index in [2.05, 4.69) is 31.1 Å². The maximum absolute atomic E-state index is 11.5. The van der Waals surface area contributed by atoms with Crippen LogP contribution >= 0.6 is 15.9 Å². The van der Waals surface area contributed by atoms with Crippen LogP contribution in [0.5, 0.6) is 0 Å². The number of methoxy groups -OCH3 is 1. The summed E-state index contributed by atoms with van der Waals surface area (Å²) in [5.74, 6) is 0.358. The molecule has 2 bridgehead atoms. The fourth-order valence-electron chi connectivity index (χ4n) is 2.36. The first kappa shape index (κ1) is 10.8. The molecular formula is C11H12BrN3O2. The van der Waals surface area contributed by atoms with Gasteiger partial charge >= 0.3 is 5.97 Å². The Kier molecular flexibility index (Phi) is 2.47. The second kappa shape index (κ2) is 3.87. The molecule has 1 N–H and O–H groups in total. The van der Waals surface area contributed by atoms with Crippen LogP contribution in [0.1, 0.15) is 16.9 Å². The molecule has 0 aliphatic carbocycles. The Labute approximate surface area is 107 Å². The van der Waals surface area contributed by atoms with Crippen molar-refractivity contribution in [1.82, 2.24) is 4.98 Å². The Morgan fingerprint density at radius 3 is 3.29 bits per heavy atom. The van der Waals surface area contributed by atoms with Crippen LogP contribution < -0.4 is 10.2 Å². The Hall–Kier alpha value is -1.30. The molecule has 0 radical (unpaired) electrons. The molecule has 2 aliphatic heterocycles. The van der Waals surface area contributed by atoms with Crippen molar-refractivity contribution in [2.24, 2.45) is 0 Å². The number of ether oxygens (including phenoxy) is 1. The summed E-state index contributed by atoms with van der Waals surface area (Å²) >= 11 is 3.37. The molecule has 1 atom stereocenters. The number of fused-ring (bicyclic) bond motifs is 4. The minimum atomic E-state index is -0.422. The second-order valence-electron chi connectivity index (χ2n) is 4.25. The zero-order valence-corrected chi connectivity index (χ0v) is 11.0. The summed E-state index contributed by atoms with van der Waals surface area (Å²) in [4.78, 5) is 18.2. The lowest BCUT2D eigenvalue weighted by Crippen LogP contribution is -2.32. The van der Waals surface area contributed by atoms with Crippen LogP contribution in [0.4, 0.5) is 11.5 Å². The zero-order valence-electron chi connectivity index (χ0n) is 9.36. The van der Waals surface area contributed by atoms with Crippen molar-refractivity contribution < 1.29 is 9.53 Å². The van der Waals surface area contributed by atoms with Gasteiger partial charge in [0.25, 0.3) is 0 Å². The Balaban J connectivity index is 2.07. The first-order valence-electron chi connectivity index (χ1n) is 5.49. The minimum Gasteiger partial charge on any atom is -0.464 e. The van der Waals surface area contributed by atoms with Gasteiger partial charge < -0.3 is 15.0 Å². The highest BCUT2D eigenvalue weighted by Crippen LogP contribution is 2.36. The summed E-state index contributed by atoms with van der Waals surface area (Å²) in [5.41, 5.74) is 1.37. The summed E-state index contributed by atoms with van der Waals surface area (Å²) in [7, 11) is 1.36. The number of hydrogen-bond donors (Lipinski definition) is 1. The summed E-state index contributed by atoms with van der Waals surface area (Å²) in [6.45, 7) is 2.05. The van der Waals surface area contributed by atoms with Crippen LogP contribution in [-0.4, -0.2) is 37.2 Å². The van der Waals surface area contributed by atoms with Gasteiger partial charge in [-0.1, -0.05) is 0 Å². The number of halogens is 1. The Bertz CT molecular complexity index is 492. The first-order valence-corrected chi connectivity index (χ1v) is 6.28. The average Bonchev–Trinajstić information content (AvgIpc) is 2.72. The van der Waals surface area contributed by atoms with Crippen LogP contribution in [0.15, 0.2) is 10.5 Å². The first-order chi connectivity index (χ1) is 8.19. The third-order valence-electron chi connectivity index (χ3n) is 3.20. The second-order valence-corrected chi connectivity index (χ2v) is 5.11. The number of hydrogen-bond acceptors (Lipinski definition) is 5. The van der Waals surface area contributed by atoms with E-state index in [4.69, 9.17) is 4.74 Å². The fraction of sp³-hybridized carbons (Fsp3) is 0.455. The number of nitrogens with zero attached hydrogens (tertiary/aromatic N) is 2. The monoisotopic (exact) mass is 297 g/mol. The normalized spacial score (nSPS) is 20.8. The number of rotatable bonds is 1. The van der Waals surface area contributed by atoms with Gasteiger partial charge in [0.05, 0.1) is 17.3 Å². The van der Waals surface area contributed by atoms with Crippen LogP contribution in [0.25, 0.3) is 0 Å². The van der Waals surface area contributed by atoms with Crippen molar-refractivity contribution in [2.75, 3.05) is 30.4 Å². The van der Waals surface area contributed by atoms with Gasteiger partial charge in [0.2, 0.25) is 0 Å². The molecule has 1 aromatic heterocycles. The van der Waals surface area contributed by atoms with E-state index >= 15 is 0 Å². The van der Waals surface area contributed by atoms with Gasteiger partial charge in [0.1, 0.15) is 0 Å². The predicted octanol–water partition coefficient (Wildman–Crippen LogP) is 1.63. The fourth-order valence-corrected chi connectivity index (χ4v) is 2.82. The summed E-state index contributed by atoms with van der Waals surface area (Å²) in [6, 6.07) is 2.38. The number of pyridine rings is 1. The lowest BCUT2D eigenvalue weighted by molar-refractivity contribution is 0.0593. The van der Waals surface area contributed by atoms with Crippen molar-refractivity contribution in [3.05, 3.63) is 16.2 Å². The van der Waals surface area contributed by atoms with E-state index in [1.807, 2.05) is 6.07 Å². The number of aromatic nitrogens is 1. The maximum atomic E-state index is 11.5. The SMILES string of the molecule is COC(=O)c1nc2c(cc1Br)N1CC[C@@H](C1)N2. The molecule has 3 heterocycles. The molecule has 2 aliphatic rings. The van der Waals surface area contributed by atoms with Crippen molar-refractivity contribution in [2.45, 2.75) is 12.5 Å². The average molecular weight is 298 g/mol. The van der Waals surface area contributed by atoms with Gasteiger partial charge in [-0.25, -0.2) is 9.78 Å². The topological polar surface area (TPSA) is 54.5 Å². The molecule has 6 heteroatoms. The number of nitrogens with one attached hydrogen (secondary N) is 1. The van der Waals surface area contributed by atoms with Crippen LogP contribution in [0.3, 0.4) is 0 Å². The zero-order chi connectivity index (χ0) is 12.0. The minimum absolute atomic E-state index is 0.321. The summed E-state index contributed by atoms with van der Waals surface area (Å²) in [6.07, 6.45) is 1.11. The van der Waals surface area contributed by atoms with Gasteiger partial charge in [-0.3, -0.25) is 0 Å². The number of esters is 1. The van der Waals surface area contributed by atoms with Gasteiger partial charge in [0.15, 0.2) is 11.5 Å². The summed E-state index contributed by atoms with van der Waals surface area (Å²) < 4.78 is 5.38. The highest BCUT2D eigenvalue weighted by Gasteiger charge is 2.32. The van der Waals surface area contributed by atoms with E-state index in [9.17, 15) is 4.79 Å². The van der Waals surface area contributed by atoms with E-state index in [1.165, 1.54) is 7.11 Å². The third kappa shape index (κ3) is 1.67. The molecule has 0 spiro atoms. The van der Waals surface area contributed by atoms with Gasteiger partial charge in [-0.15, -0.1) is 0 Å². The molecule has 0 unspecified atom stereocenters. The number of anilines is 2. The Morgan fingerprint density at radius 2 is 2.53 bits per heavy atom. The van der Waals surface area contributed by atoms with Crippen molar-refractivity contribution in [3.8, 4) is 0 Å². The molecule has 1 saturated heterocycles. The summed E-state index contributed by atoms with van der Waals surface area (Å²) in [5, 5.41) is 3.35. The van der Waals surface area contributed by atoms with E-state index in [0.29, 0.717) is 16.2 Å². The standard InChI is InChI=1S/C11H12BrN3O2/c1-17-11(16)9-7(12)4-8-10(14-9)13-6-2-3-15(8)5-6/h4,6H,2-3,5H2,1H3,(H,13,14)/t6-/m0/s1. The number of carbonyl (C=O) groups is 1. The van der Waals surface area contributed by atoms with Crippen LogP contribution in [0, 0.1) is 0 Å². The predicted molar refractivity (Wildman–Crippen MR) is 67.5 cm³/mol. The van der Waals surface area contributed by atoms with Gasteiger partial charge in [-0.05, 0) is 28.4 Å². The molecule has 0 aromatic carbocycles. The van der Waals surface area contributed by atoms with Gasteiger partial charge in [0, 0.05) is 19.1 Å². The lowest BCUT2D eigenvalue weighted by atomic mass is 10.2. The molecule has 5 nitrogen and oxygen atoms in total. The number of carbonyl (C=O) groups excluding carboxylic acids is 1. The van der Waals surface area contributed by atoms with Gasteiger partial charge in [-0.2, -0.15) is 0 Å². The van der Waals surface area contributed by atoms with E-state index in [1.54, 1.807) is 0 Å². The smallest absolute Gasteiger partial charge is 0.357 e. The molecule has 17 heavy (non-hydrogen) atoms. The molecule has 1 aromatic rings. The molecule has 0 saturated carbocycles. The van der Waals surface area contributed by atoms with Crippen LogP contribution in [-0.2, 0) is 4.74 Å². The molecule has 1 fully saturated rings. The molecular weight excluding hydrogens is 286 g/mol. The molecule has 0 amide bonds. The lowest BCUT2D eigenvalue weighted by Gasteiger charge is -2.28. The van der Waals surface area contributed by atoms with E-state index < -0.39 is 5.97 Å². The van der Waals surface area contributed by atoms with Crippen molar-refractivity contribution in [3.63, 3.8) is 0 Å². The quantitative estimate of drug-likeness (QED) is 0.799. The van der Waals surface area contributed by atoms with Crippen LogP contribution in [0.2, 0.25) is 0 Å². The van der Waals surface area contributed by atoms with Crippen molar-refractivity contribution >= 4 is 33.4 Å². The molecule has 90 valence electrons. The van der Waals surface area contributed by atoms with E-state index in [-0.39, 0.29) is 0 Å². The largest absolute Gasteiger partial charge is 0.464 e. The maximum Gasteiger partial charge on any atom is 0.357 e.